The molecule has 0 saturated carbocycles. The van der Waals surface area contributed by atoms with E-state index in [-0.39, 0.29) is 0 Å². The van der Waals surface area contributed by atoms with E-state index in [4.69, 9.17) is 0 Å². The molecule has 94 valence electrons. The van der Waals surface area contributed by atoms with E-state index in [0.29, 0.717) is 4.83 Å². The van der Waals surface area contributed by atoms with Crippen molar-refractivity contribution in [1.82, 2.24) is 0 Å². The van der Waals surface area contributed by atoms with Gasteiger partial charge in [-0.1, -0.05) is 77.6 Å². The van der Waals surface area contributed by atoms with Crippen molar-refractivity contribution in [2.75, 3.05) is 0 Å². The summed E-state index contributed by atoms with van der Waals surface area (Å²) in [7, 11) is 0. The Balaban J connectivity index is 2.16. The topological polar surface area (TPSA) is 0 Å². The third-order valence-electron chi connectivity index (χ3n) is 2.78. The summed E-state index contributed by atoms with van der Waals surface area (Å²) in [5, 5.41) is 0. The van der Waals surface area contributed by atoms with Crippen LogP contribution in [-0.2, 0) is 6.42 Å². The molecule has 18 heavy (non-hydrogen) atoms. The van der Waals surface area contributed by atoms with Gasteiger partial charge in [0.05, 0.1) is 0 Å². The summed E-state index contributed by atoms with van der Waals surface area (Å²) in [5.41, 5.74) is 3.92. The lowest BCUT2D eigenvalue weighted by atomic mass is 10.0. The highest BCUT2D eigenvalue weighted by Crippen LogP contribution is 2.31. The summed E-state index contributed by atoms with van der Waals surface area (Å²) < 4.78 is 2.19. The van der Waals surface area contributed by atoms with Gasteiger partial charge in [0.1, 0.15) is 0 Å². The van der Waals surface area contributed by atoms with Gasteiger partial charge in [-0.2, -0.15) is 0 Å². The van der Waals surface area contributed by atoms with Crippen molar-refractivity contribution in [2.45, 2.75) is 18.2 Å². The molecule has 2 aromatic rings. The molecule has 0 bridgehead atoms. The molecule has 0 aromatic heterocycles. The van der Waals surface area contributed by atoms with Gasteiger partial charge in [-0.25, -0.2) is 0 Å². The van der Waals surface area contributed by atoms with Crippen LogP contribution in [0.3, 0.4) is 0 Å². The zero-order chi connectivity index (χ0) is 13.1. The van der Waals surface area contributed by atoms with Gasteiger partial charge >= 0.3 is 0 Å². The van der Waals surface area contributed by atoms with Crippen molar-refractivity contribution >= 4 is 47.8 Å². The molecule has 2 rings (SSSR count). The Morgan fingerprint density at radius 2 is 1.50 bits per heavy atom. The molecule has 0 fully saturated rings. The van der Waals surface area contributed by atoms with Gasteiger partial charge < -0.3 is 0 Å². The molecule has 0 N–H and O–H groups in total. The van der Waals surface area contributed by atoms with Crippen LogP contribution in [0.15, 0.2) is 51.4 Å². The van der Waals surface area contributed by atoms with Gasteiger partial charge in [0.25, 0.3) is 0 Å². The van der Waals surface area contributed by atoms with Crippen LogP contribution in [0.5, 0.6) is 0 Å². The minimum absolute atomic E-state index is 0.328. The Bertz CT molecular complexity index is 512. The average Bonchev–Trinajstić information content (AvgIpc) is 2.31. The molecule has 0 spiro atoms. The predicted octanol–water partition coefficient (Wildman–Crippen LogP) is 6.20. The van der Waals surface area contributed by atoms with Crippen LogP contribution in [-0.4, -0.2) is 0 Å². The van der Waals surface area contributed by atoms with Crippen molar-refractivity contribution < 1.29 is 0 Å². The van der Waals surface area contributed by atoms with E-state index < -0.39 is 0 Å². The zero-order valence-corrected chi connectivity index (χ0v) is 14.7. The number of aryl methyl sites for hydroxylation is 1. The van der Waals surface area contributed by atoms with E-state index in [1.807, 2.05) is 0 Å². The van der Waals surface area contributed by atoms with Crippen LogP contribution in [0.1, 0.15) is 21.5 Å². The Kier molecular flexibility index (Phi) is 5.05. The van der Waals surface area contributed by atoms with E-state index in [0.717, 1.165) is 15.4 Å². The zero-order valence-electron chi connectivity index (χ0n) is 9.96. The van der Waals surface area contributed by atoms with Gasteiger partial charge in [-0.15, -0.1) is 0 Å². The lowest BCUT2D eigenvalue weighted by Gasteiger charge is -2.12. The highest BCUT2D eigenvalue weighted by molar-refractivity contribution is 9.11. The average molecular weight is 433 g/mol. The Hall–Kier alpha value is -0.120. The summed E-state index contributed by atoms with van der Waals surface area (Å²) >= 11 is 10.8. The minimum Gasteiger partial charge on any atom is -0.0835 e. The Morgan fingerprint density at radius 1 is 0.944 bits per heavy atom. The van der Waals surface area contributed by atoms with E-state index in [2.05, 4.69) is 97.2 Å². The molecule has 0 aliphatic heterocycles. The summed E-state index contributed by atoms with van der Waals surface area (Å²) in [6, 6.07) is 15.1. The lowest BCUT2D eigenvalue weighted by molar-refractivity contribution is 0.946. The van der Waals surface area contributed by atoms with Crippen LogP contribution in [0.2, 0.25) is 0 Å². The highest BCUT2D eigenvalue weighted by atomic mass is 79.9. The second-order valence-electron chi connectivity index (χ2n) is 4.36. The maximum absolute atomic E-state index is 3.77. The van der Waals surface area contributed by atoms with Crippen molar-refractivity contribution in [3.63, 3.8) is 0 Å². The Morgan fingerprint density at radius 3 is 2.06 bits per heavy atom. The number of halogens is 3. The van der Waals surface area contributed by atoms with Crippen molar-refractivity contribution in [3.05, 3.63) is 68.1 Å². The number of alkyl halides is 1. The third kappa shape index (κ3) is 3.94. The van der Waals surface area contributed by atoms with Gasteiger partial charge in [0, 0.05) is 13.8 Å². The fourth-order valence-electron chi connectivity index (χ4n) is 1.80. The standard InChI is InChI=1S/C15H13Br3/c1-10-2-4-11(5-3-10)6-15(18)12-7-13(16)9-14(17)8-12/h2-5,7-9,15H,6H2,1H3. The SMILES string of the molecule is Cc1ccc(CC(Br)c2cc(Br)cc(Br)c2)cc1. The quantitative estimate of drug-likeness (QED) is 0.506. The van der Waals surface area contributed by atoms with Gasteiger partial charge in [-0.3, -0.25) is 0 Å². The fraction of sp³-hybridized carbons (Fsp3) is 0.200. The molecule has 0 radical (unpaired) electrons. The molecule has 3 heteroatoms. The highest BCUT2D eigenvalue weighted by Gasteiger charge is 2.10. The molecule has 0 heterocycles. The first-order valence-corrected chi connectivity index (χ1v) is 8.20. The minimum atomic E-state index is 0.328. The normalized spacial score (nSPS) is 12.4. The first kappa shape index (κ1) is 14.3. The number of hydrogen-bond donors (Lipinski definition) is 0. The fourth-order valence-corrected chi connectivity index (χ4v) is 3.77. The van der Waals surface area contributed by atoms with Gasteiger partial charge in [0.15, 0.2) is 0 Å². The number of rotatable bonds is 3. The number of benzene rings is 2. The van der Waals surface area contributed by atoms with E-state index in [1.54, 1.807) is 0 Å². The molecule has 0 saturated heterocycles. The predicted molar refractivity (Wildman–Crippen MR) is 88.4 cm³/mol. The molecule has 2 aromatic carbocycles. The molecule has 1 atom stereocenters. The van der Waals surface area contributed by atoms with E-state index >= 15 is 0 Å². The first-order chi connectivity index (χ1) is 8.54. The maximum Gasteiger partial charge on any atom is 0.0436 e. The molecular weight excluding hydrogens is 420 g/mol. The Labute approximate surface area is 133 Å². The van der Waals surface area contributed by atoms with E-state index in [1.165, 1.54) is 16.7 Å². The van der Waals surface area contributed by atoms with Crippen LogP contribution in [0, 0.1) is 6.92 Å². The lowest BCUT2D eigenvalue weighted by Crippen LogP contribution is -1.95. The summed E-state index contributed by atoms with van der Waals surface area (Å²) in [5.74, 6) is 0. The van der Waals surface area contributed by atoms with Crippen molar-refractivity contribution in [3.8, 4) is 0 Å². The summed E-state index contributed by atoms with van der Waals surface area (Å²) in [6.45, 7) is 2.11. The van der Waals surface area contributed by atoms with Crippen LogP contribution >= 0.6 is 47.8 Å². The van der Waals surface area contributed by atoms with Crippen LogP contribution in [0.4, 0.5) is 0 Å². The van der Waals surface area contributed by atoms with Crippen molar-refractivity contribution in [1.29, 1.82) is 0 Å². The maximum atomic E-state index is 3.77. The molecule has 0 aliphatic rings. The van der Waals surface area contributed by atoms with Crippen molar-refractivity contribution in [2.24, 2.45) is 0 Å². The monoisotopic (exact) mass is 430 g/mol. The first-order valence-electron chi connectivity index (χ1n) is 5.70. The smallest absolute Gasteiger partial charge is 0.0436 e. The molecule has 0 aliphatic carbocycles. The van der Waals surface area contributed by atoms with Gasteiger partial charge in [0.2, 0.25) is 0 Å². The molecule has 1 unspecified atom stereocenters. The van der Waals surface area contributed by atoms with E-state index in [9.17, 15) is 0 Å². The third-order valence-corrected chi connectivity index (χ3v) is 4.55. The molecule has 0 nitrogen and oxygen atoms in total. The largest absolute Gasteiger partial charge is 0.0835 e. The number of hydrogen-bond acceptors (Lipinski definition) is 0. The molecule has 0 amide bonds. The van der Waals surface area contributed by atoms with Crippen LogP contribution < -0.4 is 0 Å². The second kappa shape index (κ2) is 6.36. The molecular formula is C15H13Br3. The summed E-state index contributed by atoms with van der Waals surface area (Å²) in [4.78, 5) is 0.328. The second-order valence-corrected chi connectivity index (χ2v) is 7.30. The summed E-state index contributed by atoms with van der Waals surface area (Å²) in [6.07, 6.45) is 0.989. The van der Waals surface area contributed by atoms with Crippen LogP contribution in [0.25, 0.3) is 0 Å². The van der Waals surface area contributed by atoms with Gasteiger partial charge in [-0.05, 0) is 42.7 Å².